The molecule has 0 aliphatic carbocycles. The van der Waals surface area contributed by atoms with Crippen LogP contribution in [0.5, 0.6) is 0 Å². The zero-order chi connectivity index (χ0) is 28.6. The number of nitrogens with two attached hydrogens (primary N) is 1. The van der Waals surface area contributed by atoms with E-state index in [1.165, 1.54) is 10.9 Å². The predicted molar refractivity (Wildman–Crippen MR) is 125 cm³/mol. The maximum absolute atomic E-state index is 14.9. The summed E-state index contributed by atoms with van der Waals surface area (Å²) >= 11 is 5.82. The van der Waals surface area contributed by atoms with Gasteiger partial charge in [0.1, 0.15) is 29.6 Å². The van der Waals surface area contributed by atoms with E-state index in [4.69, 9.17) is 31.9 Å². The van der Waals surface area contributed by atoms with Crippen LogP contribution in [0.2, 0.25) is 5.28 Å². The van der Waals surface area contributed by atoms with Crippen LogP contribution in [-0.2, 0) is 32.0 Å². The highest BCUT2D eigenvalue weighted by Gasteiger charge is 2.51. The number of halogens is 3. The van der Waals surface area contributed by atoms with Crippen LogP contribution in [0.1, 0.15) is 15.9 Å². The monoisotopic (exact) mass is 571 g/mol. The van der Waals surface area contributed by atoms with Gasteiger partial charge in [0.15, 0.2) is 17.6 Å². The van der Waals surface area contributed by atoms with Crippen LogP contribution in [0.4, 0.5) is 14.6 Å². The predicted octanol–water partition coefficient (Wildman–Crippen LogP) is 0.533. The number of fused-ring (bicyclic) bond motifs is 1. The molecule has 17 heteroatoms. The topological polar surface area (TPSA) is 220 Å². The molecule has 0 amide bonds. The van der Waals surface area contributed by atoms with Crippen molar-refractivity contribution in [2.75, 3.05) is 12.3 Å². The first-order valence-electron chi connectivity index (χ1n) is 11.1. The van der Waals surface area contributed by atoms with Gasteiger partial charge in [-0.25, -0.2) is 28.1 Å². The number of alkyl halides is 1. The highest BCUT2D eigenvalue weighted by atomic mass is 35.5. The van der Waals surface area contributed by atoms with Crippen molar-refractivity contribution in [1.29, 1.82) is 0 Å². The van der Waals surface area contributed by atoms with E-state index in [1.807, 2.05) is 0 Å². The summed E-state index contributed by atoms with van der Waals surface area (Å²) < 4.78 is 41.4. The van der Waals surface area contributed by atoms with Crippen molar-refractivity contribution in [1.82, 2.24) is 19.5 Å². The third-order valence-electron chi connectivity index (χ3n) is 6.18. The molecule has 1 fully saturated rings. The summed E-state index contributed by atoms with van der Waals surface area (Å²) in [5.74, 6) is -6.69. The molecule has 6 N–H and O–H groups in total. The lowest BCUT2D eigenvalue weighted by molar-refractivity contribution is -0.189. The van der Waals surface area contributed by atoms with Crippen LogP contribution < -0.4 is 5.73 Å². The van der Waals surface area contributed by atoms with Crippen molar-refractivity contribution in [3.05, 3.63) is 46.8 Å². The van der Waals surface area contributed by atoms with Crippen LogP contribution in [0.15, 0.2) is 24.5 Å². The number of aliphatic hydroxyl groups excluding tert-OH is 1. The van der Waals surface area contributed by atoms with Crippen molar-refractivity contribution in [2.24, 2.45) is 0 Å². The lowest BCUT2D eigenvalue weighted by Crippen LogP contribution is -2.53. The fourth-order valence-electron chi connectivity index (χ4n) is 4.09. The van der Waals surface area contributed by atoms with Gasteiger partial charge in [-0.2, -0.15) is 9.97 Å². The molecule has 0 unspecified atom stereocenters. The second kappa shape index (κ2) is 10.6. The molecular weight excluding hydrogens is 552 g/mol. The molecule has 0 bridgehead atoms. The third kappa shape index (κ3) is 5.31. The minimum absolute atomic E-state index is 0.0214. The molecule has 1 aromatic carbocycles. The molecule has 1 saturated heterocycles. The molecule has 0 radical (unpaired) electrons. The molecule has 2 aromatic heterocycles. The Morgan fingerprint density at radius 3 is 2.49 bits per heavy atom. The van der Waals surface area contributed by atoms with Crippen molar-refractivity contribution in [3.63, 3.8) is 0 Å². The number of ether oxygens (including phenoxy) is 2. The maximum atomic E-state index is 14.9. The van der Waals surface area contributed by atoms with Gasteiger partial charge in [0.25, 0.3) is 5.60 Å². The molecule has 0 saturated carbocycles. The summed E-state index contributed by atoms with van der Waals surface area (Å²) in [5, 5.41) is 38.6. The number of aromatic carboxylic acids is 1. The van der Waals surface area contributed by atoms with E-state index < -0.39 is 78.0 Å². The van der Waals surface area contributed by atoms with E-state index in [0.29, 0.717) is 6.07 Å². The van der Waals surface area contributed by atoms with Crippen molar-refractivity contribution in [2.45, 2.75) is 43.1 Å². The molecule has 0 spiro atoms. The summed E-state index contributed by atoms with van der Waals surface area (Å²) in [4.78, 5) is 46.8. The number of carbonyl (C=O) groups is 3. The molecule has 39 heavy (non-hydrogen) atoms. The zero-order valence-electron chi connectivity index (χ0n) is 19.6. The van der Waals surface area contributed by atoms with Gasteiger partial charge in [-0.15, -0.1) is 0 Å². The van der Waals surface area contributed by atoms with E-state index in [2.05, 4.69) is 15.0 Å². The average Bonchev–Trinajstić information content (AvgIpc) is 3.38. The van der Waals surface area contributed by atoms with Gasteiger partial charge in [0.05, 0.1) is 25.0 Å². The molecular formula is C22H20ClF2N5O9. The number of aromatic nitrogens is 4. The minimum atomic E-state index is -3.08. The summed E-state index contributed by atoms with van der Waals surface area (Å²) in [6, 6.07) is 2.47. The van der Waals surface area contributed by atoms with Crippen LogP contribution in [-0.4, -0.2) is 94.5 Å². The van der Waals surface area contributed by atoms with Crippen LogP contribution >= 0.6 is 11.6 Å². The highest BCUT2D eigenvalue weighted by molar-refractivity contribution is 6.28. The number of nitrogen functional groups attached to an aromatic ring is 1. The van der Waals surface area contributed by atoms with E-state index in [0.717, 1.165) is 12.1 Å². The number of aliphatic hydroxyl groups is 1. The van der Waals surface area contributed by atoms with Crippen LogP contribution in [0, 0.1) is 5.82 Å². The van der Waals surface area contributed by atoms with Gasteiger partial charge in [-0.05, 0) is 29.3 Å². The number of aliphatic carboxylic acids is 2. The number of imidazole rings is 1. The minimum Gasteiger partial charge on any atom is -0.479 e. The SMILES string of the molecule is Nc1nc(Cl)nc2c1ncn2C[C@@H]1O[C@H](COC(Cc2ccc(C(=O)O)cc2F)(C(=O)O)C(=O)O)[C@@H](O)[C@@H]1F. The van der Waals surface area contributed by atoms with Gasteiger partial charge in [-0.1, -0.05) is 6.07 Å². The van der Waals surface area contributed by atoms with E-state index in [9.17, 15) is 38.5 Å². The third-order valence-corrected chi connectivity index (χ3v) is 6.35. The summed E-state index contributed by atoms with van der Waals surface area (Å²) in [5.41, 5.74) is 2.09. The van der Waals surface area contributed by atoms with Crippen molar-refractivity contribution >= 4 is 46.5 Å². The Hall–Kier alpha value is -3.99. The van der Waals surface area contributed by atoms with E-state index >= 15 is 0 Å². The number of hydrogen-bond donors (Lipinski definition) is 5. The van der Waals surface area contributed by atoms with Crippen LogP contribution in [0.25, 0.3) is 11.2 Å². The normalized spacial score (nSPS) is 21.3. The summed E-state index contributed by atoms with van der Waals surface area (Å²) in [6.07, 6.45) is -6.50. The smallest absolute Gasteiger partial charge is 0.348 e. The fourth-order valence-corrected chi connectivity index (χ4v) is 4.26. The summed E-state index contributed by atoms with van der Waals surface area (Å²) in [6.45, 7) is -1.15. The Kier molecular flexibility index (Phi) is 7.65. The van der Waals surface area contributed by atoms with Crippen LogP contribution in [0.3, 0.4) is 0 Å². The molecule has 14 nitrogen and oxygen atoms in total. The molecule has 3 heterocycles. The average molecular weight is 572 g/mol. The lowest BCUT2D eigenvalue weighted by Gasteiger charge is -2.27. The first-order chi connectivity index (χ1) is 18.3. The zero-order valence-corrected chi connectivity index (χ0v) is 20.3. The molecule has 1 aliphatic rings. The number of benzene rings is 1. The first-order valence-corrected chi connectivity index (χ1v) is 11.5. The molecule has 208 valence electrons. The van der Waals surface area contributed by atoms with Gasteiger partial charge in [0, 0.05) is 6.42 Å². The number of nitrogens with zero attached hydrogens (tertiary/aromatic N) is 4. The van der Waals surface area contributed by atoms with Gasteiger partial charge in [-0.3, -0.25) is 0 Å². The maximum Gasteiger partial charge on any atom is 0.348 e. The Bertz CT molecular complexity index is 1440. The van der Waals surface area contributed by atoms with Crippen molar-refractivity contribution < 1.29 is 53.1 Å². The van der Waals surface area contributed by atoms with E-state index in [1.54, 1.807) is 0 Å². The van der Waals surface area contributed by atoms with Gasteiger partial charge in [0.2, 0.25) is 5.28 Å². The molecule has 1 aliphatic heterocycles. The van der Waals surface area contributed by atoms with Crippen molar-refractivity contribution in [3.8, 4) is 0 Å². The van der Waals surface area contributed by atoms with Gasteiger partial charge >= 0.3 is 17.9 Å². The Morgan fingerprint density at radius 1 is 1.18 bits per heavy atom. The Balaban J connectivity index is 1.52. The standard InChI is InChI=1S/C22H20ClF2N5O9/c23-21-28-16(26)14-17(29-21)30(7-27-14)5-11-13(25)15(31)12(39-11)6-38-22(19(34)35,20(36)37)4-9-2-1-8(18(32)33)3-10(9)24/h1-3,7,11-13,15,31H,4-6H2,(H,32,33)(H,34,35)(H,36,37)(H2,26,28,29)/t11-,12+,13+,15+/m0/s1. The number of carboxylic acids is 3. The number of carboxylic acid groups (broad SMARTS) is 3. The number of hydrogen-bond acceptors (Lipinski definition) is 10. The second-order valence-electron chi connectivity index (χ2n) is 8.63. The number of anilines is 1. The summed E-state index contributed by atoms with van der Waals surface area (Å²) in [7, 11) is 0. The largest absolute Gasteiger partial charge is 0.479 e. The molecule has 3 aromatic rings. The molecule has 4 atom stereocenters. The Morgan fingerprint density at radius 2 is 1.87 bits per heavy atom. The highest BCUT2D eigenvalue weighted by Crippen LogP contribution is 2.30. The quantitative estimate of drug-likeness (QED) is 0.166. The first kappa shape index (κ1) is 28.0. The lowest BCUT2D eigenvalue weighted by atomic mass is 9.93. The van der Waals surface area contributed by atoms with Gasteiger partial charge < -0.3 is 40.2 Å². The molecule has 4 rings (SSSR count). The fraction of sp³-hybridized carbons (Fsp3) is 0.364. The second-order valence-corrected chi connectivity index (χ2v) is 8.97. The van der Waals surface area contributed by atoms with E-state index in [-0.39, 0.29) is 28.8 Å². The Labute approximate surface area is 221 Å². The number of rotatable bonds is 10.